The number of nitrogens with one attached hydrogen (secondary N) is 1. The van der Waals surface area contributed by atoms with E-state index in [0.717, 1.165) is 22.0 Å². The second kappa shape index (κ2) is 8.45. The third kappa shape index (κ3) is 4.71. The Labute approximate surface area is 182 Å². The molecule has 1 amide bonds. The molecule has 1 heterocycles. The lowest BCUT2D eigenvalue weighted by Gasteiger charge is -2.18. The van der Waals surface area contributed by atoms with E-state index in [0.29, 0.717) is 5.75 Å². The highest BCUT2D eigenvalue weighted by molar-refractivity contribution is 7.89. The Bertz CT molecular complexity index is 1070. The summed E-state index contributed by atoms with van der Waals surface area (Å²) in [6.07, 6.45) is 0.807. The summed E-state index contributed by atoms with van der Waals surface area (Å²) in [7, 11) is -0.825. The first-order valence-electron chi connectivity index (χ1n) is 9.45. The lowest BCUT2D eigenvalue weighted by Crippen LogP contribution is -2.29. The molecule has 162 valence electrons. The van der Waals surface area contributed by atoms with E-state index in [-0.39, 0.29) is 34.2 Å². The fourth-order valence-electron chi connectivity index (χ4n) is 3.17. The minimum atomic E-state index is -3.67. The minimum Gasteiger partial charge on any atom is -0.488 e. The second-order valence-electron chi connectivity index (χ2n) is 7.82. The van der Waals surface area contributed by atoms with Gasteiger partial charge in [-0.05, 0) is 38.1 Å². The average molecular weight is 453 g/mol. The molecule has 0 bridgehead atoms. The van der Waals surface area contributed by atoms with Gasteiger partial charge in [-0.3, -0.25) is 4.79 Å². The van der Waals surface area contributed by atoms with Crippen LogP contribution in [0.15, 0.2) is 41.3 Å². The van der Waals surface area contributed by atoms with E-state index >= 15 is 0 Å². The van der Waals surface area contributed by atoms with Gasteiger partial charge in [-0.2, -0.15) is 0 Å². The monoisotopic (exact) mass is 452 g/mol. The number of carbonyl (C=O) groups is 1. The molecule has 0 aliphatic carbocycles. The molecule has 1 aliphatic heterocycles. The van der Waals surface area contributed by atoms with E-state index in [2.05, 4.69) is 5.32 Å². The summed E-state index contributed by atoms with van der Waals surface area (Å²) in [5, 5.41) is 2.87. The maximum atomic E-state index is 12.5. The van der Waals surface area contributed by atoms with Crippen molar-refractivity contribution in [3.8, 4) is 11.5 Å². The van der Waals surface area contributed by atoms with Gasteiger partial charge in [-0.25, -0.2) is 12.7 Å². The molecule has 9 heteroatoms. The molecule has 0 spiro atoms. The molecule has 7 nitrogen and oxygen atoms in total. The lowest BCUT2D eigenvalue weighted by atomic mass is 10.0. The third-order valence-corrected chi connectivity index (χ3v) is 6.80. The summed E-state index contributed by atoms with van der Waals surface area (Å²) >= 11 is 6.10. The molecule has 2 aromatic rings. The molecule has 0 fully saturated rings. The fourth-order valence-corrected chi connectivity index (χ4v) is 4.30. The van der Waals surface area contributed by atoms with Crippen LogP contribution in [-0.4, -0.2) is 51.5 Å². The molecule has 1 N–H and O–H groups in total. The van der Waals surface area contributed by atoms with Crippen LogP contribution in [0.25, 0.3) is 0 Å². The number of sulfonamides is 1. The van der Waals surface area contributed by atoms with Crippen molar-refractivity contribution in [2.24, 2.45) is 0 Å². The molecule has 0 atom stereocenters. The molecule has 0 aromatic heterocycles. The zero-order valence-corrected chi connectivity index (χ0v) is 18.9. The molecule has 1 aliphatic rings. The quantitative estimate of drug-likeness (QED) is 0.652. The Kier molecular flexibility index (Phi) is 6.31. The molecular formula is C21H25ClN2O5S. The molecule has 0 unspecified atom stereocenters. The number of ether oxygens (including phenoxy) is 2. The first-order chi connectivity index (χ1) is 14.0. The minimum absolute atomic E-state index is 0.00193. The Balaban J connectivity index is 1.62. The van der Waals surface area contributed by atoms with E-state index in [4.69, 9.17) is 21.1 Å². The van der Waals surface area contributed by atoms with Crippen molar-refractivity contribution >= 4 is 27.5 Å². The standard InChI is InChI=1S/C21H25ClN2O5S/c1-21(2)13-14-6-5-7-18(19(14)29-21)28-11-10-23-20(25)16-12-15(8-9-17(16)22)30(26,27)24(3)4/h5-9,12H,10-11,13H2,1-4H3,(H,23,25). The Morgan fingerprint density at radius 2 is 2.00 bits per heavy atom. The number of hydrogen-bond donors (Lipinski definition) is 1. The van der Waals surface area contributed by atoms with Crippen molar-refractivity contribution in [3.05, 3.63) is 52.5 Å². The predicted molar refractivity (Wildman–Crippen MR) is 115 cm³/mol. The predicted octanol–water partition coefficient (Wildman–Crippen LogP) is 3.11. The summed E-state index contributed by atoms with van der Waals surface area (Å²) in [4.78, 5) is 12.5. The first-order valence-corrected chi connectivity index (χ1v) is 11.3. The van der Waals surface area contributed by atoms with E-state index in [1.165, 1.54) is 32.3 Å². The SMILES string of the molecule is CN(C)S(=O)(=O)c1ccc(Cl)c(C(=O)NCCOc2cccc3c2OC(C)(C)C3)c1. The van der Waals surface area contributed by atoms with E-state index < -0.39 is 15.9 Å². The molecule has 0 saturated carbocycles. The molecular weight excluding hydrogens is 428 g/mol. The van der Waals surface area contributed by atoms with Crippen LogP contribution in [0, 0.1) is 0 Å². The summed E-state index contributed by atoms with van der Waals surface area (Å²) in [5.74, 6) is 0.887. The van der Waals surface area contributed by atoms with E-state index in [1.54, 1.807) is 0 Å². The summed E-state index contributed by atoms with van der Waals surface area (Å²) in [6, 6.07) is 9.79. The molecule has 3 rings (SSSR count). The topological polar surface area (TPSA) is 84.9 Å². The summed E-state index contributed by atoms with van der Waals surface area (Å²) in [5.41, 5.74) is 0.905. The lowest BCUT2D eigenvalue weighted by molar-refractivity contribution is 0.0946. The van der Waals surface area contributed by atoms with Crippen LogP contribution in [0.5, 0.6) is 11.5 Å². The van der Waals surface area contributed by atoms with Crippen LogP contribution < -0.4 is 14.8 Å². The van der Waals surface area contributed by atoms with E-state index in [1.807, 2.05) is 32.0 Å². The van der Waals surface area contributed by atoms with Crippen molar-refractivity contribution in [3.63, 3.8) is 0 Å². The fraction of sp³-hybridized carbons (Fsp3) is 0.381. The highest BCUT2D eigenvalue weighted by Crippen LogP contribution is 2.41. The zero-order chi connectivity index (χ0) is 22.1. The highest BCUT2D eigenvalue weighted by atomic mass is 35.5. The zero-order valence-electron chi connectivity index (χ0n) is 17.4. The Morgan fingerprint density at radius 3 is 2.70 bits per heavy atom. The number of benzene rings is 2. The van der Waals surface area contributed by atoms with Crippen molar-refractivity contribution in [1.29, 1.82) is 0 Å². The Hall–Kier alpha value is -2.29. The van der Waals surface area contributed by atoms with Crippen LogP contribution in [0.2, 0.25) is 5.02 Å². The largest absolute Gasteiger partial charge is 0.488 e. The average Bonchev–Trinajstić information content (AvgIpc) is 2.99. The van der Waals surface area contributed by atoms with Gasteiger partial charge in [0, 0.05) is 26.1 Å². The van der Waals surface area contributed by atoms with Crippen molar-refractivity contribution < 1.29 is 22.7 Å². The highest BCUT2D eigenvalue weighted by Gasteiger charge is 2.32. The van der Waals surface area contributed by atoms with Gasteiger partial charge in [0.2, 0.25) is 10.0 Å². The number of rotatable bonds is 7. The van der Waals surface area contributed by atoms with Crippen molar-refractivity contribution in [2.45, 2.75) is 30.8 Å². The van der Waals surface area contributed by atoms with Crippen LogP contribution >= 0.6 is 11.6 Å². The molecule has 0 saturated heterocycles. The first kappa shape index (κ1) is 22.4. The van der Waals surface area contributed by atoms with Crippen molar-refractivity contribution in [1.82, 2.24) is 9.62 Å². The van der Waals surface area contributed by atoms with Gasteiger partial charge >= 0.3 is 0 Å². The van der Waals surface area contributed by atoms with Crippen molar-refractivity contribution in [2.75, 3.05) is 27.2 Å². The number of hydrogen-bond acceptors (Lipinski definition) is 5. The van der Waals surface area contributed by atoms with Crippen LogP contribution in [0.1, 0.15) is 29.8 Å². The van der Waals surface area contributed by atoms with Gasteiger partial charge in [-0.1, -0.05) is 23.7 Å². The number of amides is 1. The van der Waals surface area contributed by atoms with Crippen LogP contribution in [-0.2, 0) is 16.4 Å². The molecule has 30 heavy (non-hydrogen) atoms. The maximum Gasteiger partial charge on any atom is 0.252 e. The normalized spacial score (nSPS) is 14.9. The number of carbonyl (C=O) groups excluding carboxylic acids is 1. The van der Waals surface area contributed by atoms with E-state index in [9.17, 15) is 13.2 Å². The van der Waals surface area contributed by atoms with Crippen LogP contribution in [0.4, 0.5) is 0 Å². The number of para-hydroxylation sites is 1. The second-order valence-corrected chi connectivity index (χ2v) is 10.4. The number of nitrogens with zero attached hydrogens (tertiary/aromatic N) is 1. The summed E-state index contributed by atoms with van der Waals surface area (Å²) < 4.78 is 37.4. The van der Waals surface area contributed by atoms with Crippen LogP contribution in [0.3, 0.4) is 0 Å². The van der Waals surface area contributed by atoms with Gasteiger partial charge in [0.05, 0.1) is 22.0 Å². The number of halogens is 1. The van der Waals surface area contributed by atoms with Gasteiger partial charge in [0.15, 0.2) is 11.5 Å². The van der Waals surface area contributed by atoms with Gasteiger partial charge in [-0.15, -0.1) is 0 Å². The summed E-state index contributed by atoms with van der Waals surface area (Å²) in [6.45, 7) is 4.48. The van der Waals surface area contributed by atoms with Gasteiger partial charge in [0.25, 0.3) is 5.91 Å². The van der Waals surface area contributed by atoms with Gasteiger partial charge in [0.1, 0.15) is 12.2 Å². The third-order valence-electron chi connectivity index (χ3n) is 4.66. The van der Waals surface area contributed by atoms with Gasteiger partial charge < -0.3 is 14.8 Å². The molecule has 2 aromatic carbocycles. The smallest absolute Gasteiger partial charge is 0.252 e. The molecule has 0 radical (unpaired) electrons. The Morgan fingerprint density at radius 1 is 1.27 bits per heavy atom. The maximum absolute atomic E-state index is 12.5. The number of fused-ring (bicyclic) bond motifs is 1.